The summed E-state index contributed by atoms with van der Waals surface area (Å²) >= 11 is 6.89. The summed E-state index contributed by atoms with van der Waals surface area (Å²) in [4.78, 5) is 18.6. The molecule has 2 aromatic heterocycles. The Morgan fingerprint density at radius 2 is 2.07 bits per heavy atom. The second-order valence-corrected chi connectivity index (χ2v) is 8.72. The predicted octanol–water partition coefficient (Wildman–Crippen LogP) is 3.76. The highest BCUT2D eigenvalue weighted by Crippen LogP contribution is 2.25. The molecule has 3 aromatic rings. The van der Waals surface area contributed by atoms with E-state index in [-0.39, 0.29) is 12.5 Å². The SMILES string of the molecule is CCN1CCN(c2ccc(NC(=O)Cn3c(-c4cccs4)n[nH]c3=S)c(C)c2)CC1. The molecule has 158 valence electrons. The number of rotatable bonds is 6. The molecule has 9 heteroatoms. The first-order valence-corrected chi connectivity index (χ1v) is 11.4. The minimum atomic E-state index is -0.127. The topological polar surface area (TPSA) is 69.2 Å². The summed E-state index contributed by atoms with van der Waals surface area (Å²) in [5, 5.41) is 12.1. The number of amides is 1. The number of likely N-dealkylation sites (N-methyl/N-ethyl adjacent to an activating group) is 1. The quantitative estimate of drug-likeness (QED) is 0.569. The van der Waals surface area contributed by atoms with Gasteiger partial charge in [0.25, 0.3) is 0 Å². The lowest BCUT2D eigenvalue weighted by atomic mass is 10.1. The van der Waals surface area contributed by atoms with E-state index in [2.05, 4.69) is 44.4 Å². The summed E-state index contributed by atoms with van der Waals surface area (Å²) in [5.74, 6) is 0.557. The Morgan fingerprint density at radius 3 is 2.73 bits per heavy atom. The molecule has 0 radical (unpaired) electrons. The van der Waals surface area contributed by atoms with Gasteiger partial charge in [-0.3, -0.25) is 14.5 Å². The van der Waals surface area contributed by atoms with Gasteiger partial charge in [0.2, 0.25) is 5.91 Å². The summed E-state index contributed by atoms with van der Waals surface area (Å²) < 4.78 is 2.17. The lowest BCUT2D eigenvalue weighted by Crippen LogP contribution is -2.46. The van der Waals surface area contributed by atoms with E-state index in [0.29, 0.717) is 10.6 Å². The van der Waals surface area contributed by atoms with Gasteiger partial charge in [-0.15, -0.1) is 11.3 Å². The number of nitrogens with one attached hydrogen (secondary N) is 2. The molecule has 1 aliphatic heterocycles. The van der Waals surface area contributed by atoms with E-state index in [1.165, 1.54) is 5.69 Å². The first-order valence-electron chi connectivity index (χ1n) is 10.1. The third-order valence-corrected chi connectivity index (χ3v) is 6.65. The number of hydrogen-bond donors (Lipinski definition) is 2. The molecule has 2 N–H and O–H groups in total. The zero-order valence-electron chi connectivity index (χ0n) is 17.2. The monoisotopic (exact) mass is 442 g/mol. The van der Waals surface area contributed by atoms with Crippen LogP contribution in [0.5, 0.6) is 0 Å². The zero-order valence-corrected chi connectivity index (χ0v) is 18.9. The van der Waals surface area contributed by atoms with Crippen molar-refractivity contribution in [3.63, 3.8) is 0 Å². The number of thiophene rings is 1. The summed E-state index contributed by atoms with van der Waals surface area (Å²) in [6.07, 6.45) is 0. The van der Waals surface area contributed by atoms with Crippen molar-refractivity contribution in [1.29, 1.82) is 0 Å². The smallest absolute Gasteiger partial charge is 0.244 e. The number of aromatic nitrogens is 3. The molecule has 1 aromatic carbocycles. The lowest BCUT2D eigenvalue weighted by molar-refractivity contribution is -0.116. The van der Waals surface area contributed by atoms with E-state index >= 15 is 0 Å². The van der Waals surface area contributed by atoms with Crippen LogP contribution in [0.1, 0.15) is 12.5 Å². The van der Waals surface area contributed by atoms with Crippen molar-refractivity contribution < 1.29 is 4.79 Å². The Bertz CT molecular complexity index is 1060. The van der Waals surface area contributed by atoms with E-state index in [9.17, 15) is 4.79 Å². The van der Waals surface area contributed by atoms with Gasteiger partial charge in [0.05, 0.1) is 4.88 Å². The van der Waals surface area contributed by atoms with Crippen molar-refractivity contribution in [1.82, 2.24) is 19.7 Å². The molecule has 0 atom stereocenters. The molecule has 0 bridgehead atoms. The molecule has 4 rings (SSSR count). The Balaban J connectivity index is 1.43. The minimum Gasteiger partial charge on any atom is -0.369 e. The highest BCUT2D eigenvalue weighted by Gasteiger charge is 2.17. The number of hydrogen-bond acceptors (Lipinski definition) is 6. The van der Waals surface area contributed by atoms with Crippen LogP contribution < -0.4 is 10.2 Å². The summed E-state index contributed by atoms with van der Waals surface area (Å²) in [6, 6.07) is 10.1. The average molecular weight is 443 g/mol. The van der Waals surface area contributed by atoms with Gasteiger partial charge < -0.3 is 15.1 Å². The molecule has 1 fully saturated rings. The second-order valence-electron chi connectivity index (χ2n) is 7.38. The van der Waals surface area contributed by atoms with Crippen molar-refractivity contribution in [2.45, 2.75) is 20.4 Å². The van der Waals surface area contributed by atoms with Crippen LogP contribution in [0, 0.1) is 11.7 Å². The predicted molar refractivity (Wildman–Crippen MR) is 125 cm³/mol. The molecule has 0 saturated carbocycles. The second kappa shape index (κ2) is 9.11. The molecule has 30 heavy (non-hydrogen) atoms. The van der Waals surface area contributed by atoms with Crippen LogP contribution in [-0.2, 0) is 11.3 Å². The fourth-order valence-electron chi connectivity index (χ4n) is 3.70. The van der Waals surface area contributed by atoms with Crippen LogP contribution in [0.2, 0.25) is 0 Å². The average Bonchev–Trinajstić information content (AvgIpc) is 3.40. The maximum absolute atomic E-state index is 12.7. The van der Waals surface area contributed by atoms with Crippen molar-refractivity contribution in [2.24, 2.45) is 0 Å². The minimum absolute atomic E-state index is 0.114. The molecular weight excluding hydrogens is 416 g/mol. The fraction of sp³-hybridized carbons (Fsp3) is 0.381. The van der Waals surface area contributed by atoms with Gasteiger partial charge in [-0.1, -0.05) is 13.0 Å². The van der Waals surface area contributed by atoms with E-state index < -0.39 is 0 Å². The van der Waals surface area contributed by atoms with Crippen molar-refractivity contribution >= 4 is 40.8 Å². The molecule has 1 amide bonds. The molecule has 0 unspecified atom stereocenters. The number of aromatic amines is 1. The first kappa shape index (κ1) is 20.8. The summed E-state index contributed by atoms with van der Waals surface area (Å²) in [6.45, 7) is 9.69. The van der Waals surface area contributed by atoms with Crippen LogP contribution >= 0.6 is 23.6 Å². The normalized spacial score (nSPS) is 14.8. The van der Waals surface area contributed by atoms with Gasteiger partial charge in [-0.05, 0) is 60.9 Å². The highest BCUT2D eigenvalue weighted by atomic mass is 32.1. The van der Waals surface area contributed by atoms with Crippen LogP contribution in [0.3, 0.4) is 0 Å². The molecule has 1 aliphatic rings. The van der Waals surface area contributed by atoms with Crippen LogP contribution in [-0.4, -0.2) is 58.3 Å². The maximum Gasteiger partial charge on any atom is 0.244 e. The van der Waals surface area contributed by atoms with Gasteiger partial charge in [0.15, 0.2) is 10.6 Å². The largest absolute Gasteiger partial charge is 0.369 e. The first-order chi connectivity index (χ1) is 14.5. The Kier molecular flexibility index (Phi) is 6.31. The third kappa shape index (κ3) is 4.48. The number of anilines is 2. The van der Waals surface area contributed by atoms with E-state index in [1.54, 1.807) is 15.9 Å². The van der Waals surface area contributed by atoms with Gasteiger partial charge in [0, 0.05) is 37.6 Å². The van der Waals surface area contributed by atoms with Crippen molar-refractivity contribution in [2.75, 3.05) is 42.9 Å². The zero-order chi connectivity index (χ0) is 21.1. The van der Waals surface area contributed by atoms with E-state index in [4.69, 9.17) is 12.2 Å². The number of carbonyl (C=O) groups excluding carboxylic acids is 1. The van der Waals surface area contributed by atoms with Crippen LogP contribution in [0.4, 0.5) is 11.4 Å². The van der Waals surface area contributed by atoms with Gasteiger partial charge in [-0.25, -0.2) is 0 Å². The fourth-order valence-corrected chi connectivity index (χ4v) is 4.62. The van der Waals surface area contributed by atoms with Crippen LogP contribution in [0.15, 0.2) is 35.7 Å². The molecule has 1 saturated heterocycles. The molecule has 0 spiro atoms. The van der Waals surface area contributed by atoms with E-state index in [0.717, 1.165) is 48.9 Å². The number of carbonyl (C=O) groups is 1. The van der Waals surface area contributed by atoms with Gasteiger partial charge in [0.1, 0.15) is 6.54 Å². The lowest BCUT2D eigenvalue weighted by Gasteiger charge is -2.35. The summed E-state index contributed by atoms with van der Waals surface area (Å²) in [5.41, 5.74) is 3.08. The highest BCUT2D eigenvalue weighted by molar-refractivity contribution is 7.71. The standard InChI is InChI=1S/C21H26N6OS2/c1-3-25-8-10-26(11-9-25)16-6-7-17(15(2)13-16)22-19(28)14-27-20(23-24-21(27)29)18-5-4-12-30-18/h4-7,12-13H,3,8-11,14H2,1-2H3,(H,22,28)(H,24,29). The molecule has 0 aliphatic carbocycles. The summed E-state index contributed by atoms with van der Waals surface area (Å²) in [7, 11) is 0. The number of benzene rings is 1. The Morgan fingerprint density at radius 1 is 1.27 bits per heavy atom. The number of piperazine rings is 1. The van der Waals surface area contributed by atoms with E-state index in [1.807, 2.05) is 30.5 Å². The Labute approximate surface area is 185 Å². The maximum atomic E-state index is 12.7. The molecular formula is C21H26N6OS2. The number of aryl methyl sites for hydroxylation is 1. The Hall–Kier alpha value is -2.49. The molecule has 3 heterocycles. The van der Waals surface area contributed by atoms with Crippen molar-refractivity contribution in [3.8, 4) is 10.7 Å². The van der Waals surface area contributed by atoms with Crippen molar-refractivity contribution in [3.05, 3.63) is 46.0 Å². The van der Waals surface area contributed by atoms with Gasteiger partial charge >= 0.3 is 0 Å². The molecule has 7 nitrogen and oxygen atoms in total. The number of H-pyrrole nitrogens is 1. The third-order valence-electron chi connectivity index (χ3n) is 5.47. The van der Waals surface area contributed by atoms with Gasteiger partial charge in [-0.2, -0.15) is 5.10 Å². The number of nitrogens with zero attached hydrogens (tertiary/aromatic N) is 4. The van der Waals surface area contributed by atoms with Crippen LogP contribution in [0.25, 0.3) is 10.7 Å².